The number of ether oxygens (including phenoxy) is 1. The molecule has 1 N–H and O–H groups in total. The topological polar surface area (TPSA) is 74.8 Å². The van der Waals surface area contributed by atoms with E-state index in [-0.39, 0.29) is 6.54 Å². The first-order valence-corrected chi connectivity index (χ1v) is 10.1. The molecule has 1 aromatic heterocycles. The van der Waals surface area contributed by atoms with Crippen molar-refractivity contribution < 1.29 is 13.2 Å². The Morgan fingerprint density at radius 1 is 1.04 bits per heavy atom. The summed E-state index contributed by atoms with van der Waals surface area (Å²) in [5.74, 6) is 0.914. The van der Waals surface area contributed by atoms with Crippen LogP contribution in [0.15, 0.2) is 18.3 Å². The Balaban J connectivity index is 1.55. The zero-order valence-corrected chi connectivity index (χ0v) is 14.8. The minimum absolute atomic E-state index is 0.273. The molecule has 0 radical (unpaired) electrons. The molecule has 0 unspecified atom stereocenters. The molecule has 3 heterocycles. The zero-order valence-electron chi connectivity index (χ0n) is 14.0. The van der Waals surface area contributed by atoms with Gasteiger partial charge in [0.25, 0.3) is 10.2 Å². The van der Waals surface area contributed by atoms with Crippen molar-refractivity contribution in [3.05, 3.63) is 23.9 Å². The Hall–Kier alpha value is -1.22. The largest absolute Gasteiger partial charge is 0.378 e. The van der Waals surface area contributed by atoms with E-state index in [4.69, 9.17) is 4.74 Å². The monoisotopic (exact) mass is 354 g/mol. The average molecular weight is 354 g/mol. The van der Waals surface area contributed by atoms with Crippen molar-refractivity contribution in [3.8, 4) is 0 Å². The number of pyridine rings is 1. The third-order valence-electron chi connectivity index (χ3n) is 4.51. The highest BCUT2D eigenvalue weighted by atomic mass is 32.2. The fraction of sp³-hybridized carbons (Fsp3) is 0.688. The molecule has 0 aliphatic carbocycles. The van der Waals surface area contributed by atoms with Crippen LogP contribution in [-0.4, -0.2) is 57.1 Å². The van der Waals surface area contributed by atoms with Crippen molar-refractivity contribution >= 4 is 16.0 Å². The molecule has 2 fully saturated rings. The van der Waals surface area contributed by atoms with E-state index in [9.17, 15) is 8.42 Å². The summed E-state index contributed by atoms with van der Waals surface area (Å²) in [5.41, 5.74) is 0.866. The summed E-state index contributed by atoms with van der Waals surface area (Å²) in [4.78, 5) is 6.63. The van der Waals surface area contributed by atoms with Gasteiger partial charge < -0.3 is 9.64 Å². The van der Waals surface area contributed by atoms with E-state index in [2.05, 4.69) is 14.6 Å². The maximum absolute atomic E-state index is 12.4. The number of rotatable bonds is 5. The fourth-order valence-electron chi connectivity index (χ4n) is 3.05. The molecule has 24 heavy (non-hydrogen) atoms. The second-order valence-electron chi connectivity index (χ2n) is 6.26. The number of nitrogens with one attached hydrogen (secondary N) is 1. The van der Waals surface area contributed by atoms with Gasteiger partial charge in [-0.3, -0.25) is 0 Å². The molecule has 0 spiro atoms. The van der Waals surface area contributed by atoms with Crippen molar-refractivity contribution in [3.63, 3.8) is 0 Å². The molecule has 0 atom stereocenters. The van der Waals surface area contributed by atoms with Crippen LogP contribution in [0.2, 0.25) is 0 Å². The smallest absolute Gasteiger partial charge is 0.279 e. The number of aromatic nitrogens is 1. The number of morpholine rings is 1. The molecule has 8 heteroatoms. The van der Waals surface area contributed by atoms with E-state index >= 15 is 0 Å². The highest BCUT2D eigenvalue weighted by molar-refractivity contribution is 7.87. The lowest BCUT2D eigenvalue weighted by atomic mass is 10.2. The van der Waals surface area contributed by atoms with Gasteiger partial charge in [0.15, 0.2) is 0 Å². The van der Waals surface area contributed by atoms with Crippen LogP contribution in [-0.2, 0) is 21.5 Å². The predicted octanol–water partition coefficient (Wildman–Crippen LogP) is 1.13. The number of nitrogens with zero attached hydrogens (tertiary/aromatic N) is 3. The molecule has 0 bridgehead atoms. The summed E-state index contributed by atoms with van der Waals surface area (Å²) in [6.45, 7) is 4.63. The van der Waals surface area contributed by atoms with E-state index in [0.717, 1.165) is 63.4 Å². The van der Waals surface area contributed by atoms with Crippen molar-refractivity contribution in [2.75, 3.05) is 44.3 Å². The molecular weight excluding hydrogens is 328 g/mol. The van der Waals surface area contributed by atoms with E-state index in [1.54, 1.807) is 10.5 Å². The quantitative estimate of drug-likeness (QED) is 0.858. The SMILES string of the molecule is O=S(=O)(NCc1ccc(N2CCOCC2)nc1)N1CCCCCC1. The first kappa shape index (κ1) is 17.6. The van der Waals surface area contributed by atoms with Gasteiger partial charge in [-0.2, -0.15) is 17.4 Å². The van der Waals surface area contributed by atoms with E-state index in [0.29, 0.717) is 13.1 Å². The van der Waals surface area contributed by atoms with E-state index in [1.807, 2.05) is 12.1 Å². The highest BCUT2D eigenvalue weighted by Gasteiger charge is 2.22. The molecule has 7 nitrogen and oxygen atoms in total. The van der Waals surface area contributed by atoms with Gasteiger partial charge in [0.2, 0.25) is 0 Å². The van der Waals surface area contributed by atoms with Crippen LogP contribution in [0.5, 0.6) is 0 Å². The van der Waals surface area contributed by atoms with Crippen molar-refractivity contribution in [2.24, 2.45) is 0 Å². The van der Waals surface area contributed by atoms with Crippen LogP contribution in [0.1, 0.15) is 31.2 Å². The molecule has 0 saturated carbocycles. The van der Waals surface area contributed by atoms with Gasteiger partial charge in [-0.05, 0) is 24.5 Å². The number of anilines is 1. The van der Waals surface area contributed by atoms with Crippen LogP contribution in [0, 0.1) is 0 Å². The van der Waals surface area contributed by atoms with Crippen LogP contribution < -0.4 is 9.62 Å². The standard InChI is InChI=1S/C16H26N4O3S/c21-24(22,20-7-3-1-2-4-8-20)18-14-15-5-6-16(17-13-15)19-9-11-23-12-10-19/h5-6,13,18H,1-4,7-12,14H2. The number of hydrogen-bond acceptors (Lipinski definition) is 5. The predicted molar refractivity (Wildman–Crippen MR) is 93.1 cm³/mol. The average Bonchev–Trinajstić information content (AvgIpc) is 2.91. The lowest BCUT2D eigenvalue weighted by molar-refractivity contribution is 0.122. The Labute approximate surface area is 144 Å². The van der Waals surface area contributed by atoms with Crippen molar-refractivity contribution in [1.82, 2.24) is 14.0 Å². The van der Waals surface area contributed by atoms with Crippen LogP contribution in [0.4, 0.5) is 5.82 Å². The second kappa shape index (κ2) is 8.24. The second-order valence-corrected chi connectivity index (χ2v) is 8.02. The summed E-state index contributed by atoms with van der Waals surface area (Å²) >= 11 is 0. The summed E-state index contributed by atoms with van der Waals surface area (Å²) in [6, 6.07) is 3.88. The molecule has 2 aliphatic heterocycles. The Morgan fingerprint density at radius 2 is 1.75 bits per heavy atom. The molecular formula is C16H26N4O3S. The molecule has 2 saturated heterocycles. The molecule has 0 aromatic carbocycles. The van der Waals surface area contributed by atoms with Gasteiger partial charge in [-0.1, -0.05) is 18.9 Å². The summed E-state index contributed by atoms with van der Waals surface area (Å²) in [7, 11) is -3.41. The summed E-state index contributed by atoms with van der Waals surface area (Å²) in [5, 5.41) is 0. The summed E-state index contributed by atoms with van der Waals surface area (Å²) < 4.78 is 34.4. The van der Waals surface area contributed by atoms with E-state index < -0.39 is 10.2 Å². The molecule has 1 aromatic rings. The third-order valence-corrected chi connectivity index (χ3v) is 6.06. The fourth-order valence-corrected chi connectivity index (χ4v) is 4.32. The first-order chi connectivity index (χ1) is 11.6. The van der Waals surface area contributed by atoms with Gasteiger partial charge in [-0.15, -0.1) is 0 Å². The van der Waals surface area contributed by atoms with E-state index in [1.165, 1.54) is 0 Å². The molecule has 134 valence electrons. The lowest BCUT2D eigenvalue weighted by Gasteiger charge is -2.27. The van der Waals surface area contributed by atoms with Crippen molar-refractivity contribution in [2.45, 2.75) is 32.2 Å². The zero-order chi connectivity index (χ0) is 16.8. The normalized spacial score (nSPS) is 20.8. The lowest BCUT2D eigenvalue weighted by Crippen LogP contribution is -2.40. The minimum Gasteiger partial charge on any atom is -0.378 e. The van der Waals surface area contributed by atoms with Crippen LogP contribution in [0.3, 0.4) is 0 Å². The van der Waals surface area contributed by atoms with Gasteiger partial charge in [0, 0.05) is 38.9 Å². The third kappa shape index (κ3) is 4.66. The van der Waals surface area contributed by atoms with Crippen LogP contribution in [0.25, 0.3) is 0 Å². The van der Waals surface area contributed by atoms with Crippen molar-refractivity contribution in [1.29, 1.82) is 0 Å². The van der Waals surface area contributed by atoms with Crippen LogP contribution >= 0.6 is 0 Å². The maximum Gasteiger partial charge on any atom is 0.279 e. The first-order valence-electron chi connectivity index (χ1n) is 8.67. The summed E-state index contributed by atoms with van der Waals surface area (Å²) in [6.07, 6.45) is 5.85. The molecule has 2 aliphatic rings. The van der Waals surface area contributed by atoms with Gasteiger partial charge >= 0.3 is 0 Å². The number of hydrogen-bond donors (Lipinski definition) is 1. The molecule has 0 amide bonds. The van der Waals surface area contributed by atoms with Gasteiger partial charge in [0.05, 0.1) is 13.2 Å². The van der Waals surface area contributed by atoms with Gasteiger partial charge in [0.1, 0.15) is 5.82 Å². The Kier molecular flexibility index (Phi) is 6.04. The molecule has 3 rings (SSSR count). The maximum atomic E-state index is 12.4. The van der Waals surface area contributed by atoms with Gasteiger partial charge in [-0.25, -0.2) is 4.98 Å². The highest BCUT2D eigenvalue weighted by Crippen LogP contribution is 2.15. The Bertz CT molecular complexity index is 607. The minimum atomic E-state index is -3.41. The Morgan fingerprint density at radius 3 is 2.38 bits per heavy atom.